The van der Waals surface area contributed by atoms with Crippen molar-refractivity contribution in [2.24, 2.45) is 0 Å². The number of rotatable bonds is 5. The Hall–Kier alpha value is -2.30. The van der Waals surface area contributed by atoms with Gasteiger partial charge in [0.1, 0.15) is 11.9 Å². The zero-order valence-electron chi connectivity index (χ0n) is 15.1. The summed E-state index contributed by atoms with van der Waals surface area (Å²) in [5, 5.41) is 14.8. The Balaban J connectivity index is 1.70. The average Bonchev–Trinajstić information content (AvgIpc) is 3.06. The van der Waals surface area contributed by atoms with Crippen molar-refractivity contribution in [1.29, 1.82) is 0 Å². The molecule has 0 aliphatic carbocycles. The van der Waals surface area contributed by atoms with E-state index < -0.39 is 40.9 Å². The molecule has 12 heteroatoms. The third-order valence-electron chi connectivity index (χ3n) is 4.72. The maximum absolute atomic E-state index is 14.8. The number of amides is 3. The molecule has 0 spiro atoms. The molecule has 2 heterocycles. The number of anilines is 1. The second-order valence-electron chi connectivity index (χ2n) is 6.56. The van der Waals surface area contributed by atoms with Crippen molar-refractivity contribution in [1.82, 2.24) is 15.5 Å². The molecule has 1 aromatic carbocycles. The third kappa shape index (κ3) is 4.82. The second kappa shape index (κ2) is 9.02. The Morgan fingerprint density at radius 2 is 2.17 bits per heavy atom. The Kier molecular flexibility index (Phi) is 6.66. The summed E-state index contributed by atoms with van der Waals surface area (Å²) < 4.78 is 19.9. The average molecular weight is 449 g/mol. The normalized spacial score (nSPS) is 22.0. The minimum Gasteiger partial charge on any atom is -0.465 e. The van der Waals surface area contributed by atoms with Gasteiger partial charge in [0.25, 0.3) is 5.91 Å². The van der Waals surface area contributed by atoms with E-state index in [1.54, 1.807) is 0 Å². The van der Waals surface area contributed by atoms with Crippen LogP contribution >= 0.6 is 23.2 Å². The first-order chi connectivity index (χ1) is 13.8. The van der Waals surface area contributed by atoms with Gasteiger partial charge in [-0.05, 0) is 12.1 Å². The number of alkyl halides is 2. The minimum absolute atomic E-state index is 0.0128. The monoisotopic (exact) mass is 448 g/mol. The lowest BCUT2D eigenvalue weighted by molar-refractivity contribution is -0.119. The quantitative estimate of drug-likeness (QED) is 0.591. The van der Waals surface area contributed by atoms with Crippen LogP contribution in [0.1, 0.15) is 11.6 Å². The van der Waals surface area contributed by atoms with Crippen LogP contribution in [0.3, 0.4) is 0 Å². The lowest BCUT2D eigenvalue weighted by Crippen LogP contribution is -2.48. The Morgan fingerprint density at radius 1 is 1.41 bits per heavy atom. The molecular weight excluding hydrogens is 430 g/mol. The zero-order chi connectivity index (χ0) is 21.1. The Bertz CT molecular complexity index is 812. The first-order valence-electron chi connectivity index (χ1n) is 8.81. The standard InChI is InChI=1S/C17H19Cl2FN4O5/c18-14(19)15(25)22-6-10-8-24(17(28)29-10)9-1-2-11(12(20)5-9)13-7-21-3-4-23(13)16(26)27/h1-2,5,10,13-14,21H,3-4,6-8H2,(H,22,25)(H,26,27). The van der Waals surface area contributed by atoms with Gasteiger partial charge in [0.05, 0.1) is 24.8 Å². The van der Waals surface area contributed by atoms with Crippen molar-refractivity contribution in [3.63, 3.8) is 0 Å². The van der Waals surface area contributed by atoms with Crippen LogP contribution in [0.5, 0.6) is 0 Å². The van der Waals surface area contributed by atoms with Gasteiger partial charge in [-0.2, -0.15) is 0 Å². The molecule has 3 amide bonds. The molecule has 9 nitrogen and oxygen atoms in total. The Morgan fingerprint density at radius 3 is 2.83 bits per heavy atom. The number of hydrogen-bond acceptors (Lipinski definition) is 5. The number of nitrogens with zero attached hydrogens (tertiary/aromatic N) is 2. The molecule has 3 rings (SSSR count). The van der Waals surface area contributed by atoms with Gasteiger partial charge in [0, 0.05) is 25.2 Å². The molecule has 2 aliphatic heterocycles. The van der Waals surface area contributed by atoms with Crippen LogP contribution in [0, 0.1) is 5.82 Å². The lowest BCUT2D eigenvalue weighted by Gasteiger charge is -2.34. The summed E-state index contributed by atoms with van der Waals surface area (Å²) >= 11 is 10.9. The SMILES string of the molecule is O=C(NCC1CN(c2ccc(C3CNCCN3C(=O)O)c(F)c2)C(=O)O1)C(Cl)Cl. The number of hydrogen-bond donors (Lipinski definition) is 3. The van der Waals surface area contributed by atoms with Gasteiger partial charge in [-0.15, -0.1) is 0 Å². The van der Waals surface area contributed by atoms with Gasteiger partial charge in [0.15, 0.2) is 4.84 Å². The van der Waals surface area contributed by atoms with Crippen LogP contribution in [0.4, 0.5) is 19.7 Å². The number of halogens is 3. The van der Waals surface area contributed by atoms with Gasteiger partial charge >= 0.3 is 12.2 Å². The first kappa shape index (κ1) is 21.4. The molecule has 1 aromatic rings. The van der Waals surface area contributed by atoms with E-state index in [4.69, 9.17) is 27.9 Å². The number of cyclic esters (lactones) is 1. The molecule has 2 unspecified atom stereocenters. The molecule has 158 valence electrons. The van der Waals surface area contributed by atoms with Crippen molar-refractivity contribution in [2.75, 3.05) is 37.6 Å². The summed E-state index contributed by atoms with van der Waals surface area (Å²) in [6, 6.07) is 3.50. The molecule has 2 aliphatic rings. The summed E-state index contributed by atoms with van der Waals surface area (Å²) in [6.45, 7) is 1.14. The zero-order valence-corrected chi connectivity index (χ0v) is 16.6. The highest BCUT2D eigenvalue weighted by molar-refractivity contribution is 6.53. The van der Waals surface area contributed by atoms with E-state index in [-0.39, 0.29) is 37.4 Å². The fourth-order valence-electron chi connectivity index (χ4n) is 3.30. The minimum atomic E-state index is -1.23. The summed E-state index contributed by atoms with van der Waals surface area (Å²) in [4.78, 5) is 36.1. The summed E-state index contributed by atoms with van der Waals surface area (Å²) in [7, 11) is 0. The van der Waals surface area contributed by atoms with Gasteiger partial charge < -0.3 is 20.5 Å². The summed E-state index contributed by atoms with van der Waals surface area (Å²) in [5.74, 6) is -1.23. The summed E-state index contributed by atoms with van der Waals surface area (Å²) in [6.07, 6.45) is -2.45. The first-order valence-corrected chi connectivity index (χ1v) is 9.69. The maximum Gasteiger partial charge on any atom is 0.414 e. The highest BCUT2D eigenvalue weighted by Gasteiger charge is 2.34. The molecule has 2 saturated heterocycles. The van der Waals surface area contributed by atoms with Crippen LogP contribution in [0.2, 0.25) is 0 Å². The molecular formula is C17H19Cl2FN4O5. The van der Waals surface area contributed by atoms with Gasteiger partial charge in [-0.25, -0.2) is 14.0 Å². The van der Waals surface area contributed by atoms with Crippen LogP contribution in [0.25, 0.3) is 0 Å². The van der Waals surface area contributed by atoms with Crippen molar-refractivity contribution < 1.29 is 28.6 Å². The van der Waals surface area contributed by atoms with E-state index in [0.717, 1.165) is 0 Å². The van der Waals surface area contributed by atoms with Gasteiger partial charge in [0.2, 0.25) is 0 Å². The van der Waals surface area contributed by atoms with Gasteiger partial charge in [-0.3, -0.25) is 14.6 Å². The molecule has 3 N–H and O–H groups in total. The highest BCUT2D eigenvalue weighted by Crippen LogP contribution is 2.29. The van der Waals surface area contributed by atoms with Crippen LogP contribution < -0.4 is 15.5 Å². The van der Waals surface area contributed by atoms with Crippen LogP contribution in [-0.4, -0.2) is 71.8 Å². The van der Waals surface area contributed by atoms with Crippen LogP contribution in [-0.2, 0) is 9.53 Å². The number of carbonyl (C=O) groups excluding carboxylic acids is 2. The molecule has 0 radical (unpaired) electrons. The van der Waals surface area contributed by atoms with Crippen molar-refractivity contribution in [2.45, 2.75) is 17.0 Å². The number of carboxylic acid groups (broad SMARTS) is 1. The third-order valence-corrected chi connectivity index (χ3v) is 5.12. The van der Waals surface area contributed by atoms with E-state index in [1.165, 1.54) is 28.0 Å². The lowest BCUT2D eigenvalue weighted by atomic mass is 10.0. The number of piperazine rings is 1. The van der Waals surface area contributed by atoms with E-state index >= 15 is 0 Å². The predicted octanol–water partition coefficient (Wildman–Crippen LogP) is 1.70. The predicted molar refractivity (Wildman–Crippen MR) is 103 cm³/mol. The molecule has 0 saturated carbocycles. The smallest absolute Gasteiger partial charge is 0.414 e. The number of benzene rings is 1. The fourth-order valence-corrected chi connectivity index (χ4v) is 3.45. The topological polar surface area (TPSA) is 111 Å². The molecule has 2 atom stereocenters. The highest BCUT2D eigenvalue weighted by atomic mass is 35.5. The van der Waals surface area contributed by atoms with Gasteiger partial charge in [-0.1, -0.05) is 29.3 Å². The number of carbonyl (C=O) groups is 3. The molecule has 0 aromatic heterocycles. The van der Waals surface area contributed by atoms with E-state index in [0.29, 0.717) is 6.54 Å². The Labute approximate surface area is 175 Å². The van der Waals surface area contributed by atoms with Crippen molar-refractivity contribution in [3.05, 3.63) is 29.6 Å². The molecule has 29 heavy (non-hydrogen) atoms. The molecule has 2 fully saturated rings. The van der Waals surface area contributed by atoms with Crippen LogP contribution in [0.15, 0.2) is 18.2 Å². The fraction of sp³-hybridized carbons (Fsp3) is 0.471. The molecule has 0 bridgehead atoms. The maximum atomic E-state index is 14.8. The summed E-state index contributed by atoms with van der Waals surface area (Å²) in [5.41, 5.74) is 0.485. The van der Waals surface area contributed by atoms with E-state index in [2.05, 4.69) is 10.6 Å². The van der Waals surface area contributed by atoms with Crippen molar-refractivity contribution in [3.8, 4) is 0 Å². The largest absolute Gasteiger partial charge is 0.465 e. The number of nitrogens with one attached hydrogen (secondary N) is 2. The van der Waals surface area contributed by atoms with E-state index in [1.807, 2.05) is 0 Å². The second-order valence-corrected chi connectivity index (χ2v) is 7.66. The van der Waals surface area contributed by atoms with E-state index in [9.17, 15) is 23.9 Å². The number of ether oxygens (including phenoxy) is 1. The van der Waals surface area contributed by atoms with Crippen molar-refractivity contribution >= 4 is 47.0 Å².